The van der Waals surface area contributed by atoms with Crippen molar-refractivity contribution in [1.82, 2.24) is 4.98 Å². The van der Waals surface area contributed by atoms with Crippen LogP contribution < -0.4 is 5.73 Å². The highest BCUT2D eigenvalue weighted by molar-refractivity contribution is 7.21. The molecule has 84 valence electrons. The summed E-state index contributed by atoms with van der Waals surface area (Å²) in [6.07, 6.45) is 0. The summed E-state index contributed by atoms with van der Waals surface area (Å²) in [5.74, 6) is -0.407. The van der Waals surface area contributed by atoms with Crippen molar-refractivity contribution in [1.29, 1.82) is 0 Å². The van der Waals surface area contributed by atoms with Crippen LogP contribution in [0.25, 0.3) is 10.2 Å². The molecule has 0 aliphatic heterocycles. The van der Waals surface area contributed by atoms with E-state index in [1.807, 2.05) is 19.9 Å². The molecule has 0 aliphatic rings. The molecule has 0 saturated carbocycles. The molecular weight excluding hydrogens is 224 g/mol. The Kier molecular flexibility index (Phi) is 2.55. The Morgan fingerprint density at radius 1 is 1.50 bits per heavy atom. The lowest BCUT2D eigenvalue weighted by atomic mass is 10.2. The van der Waals surface area contributed by atoms with E-state index >= 15 is 0 Å². The molecule has 0 unspecified atom stereocenters. The van der Waals surface area contributed by atoms with Crippen LogP contribution in [0.15, 0.2) is 6.07 Å². The number of carbonyl (C=O) groups excluding carboxylic acids is 1. The molecule has 0 aromatic carbocycles. The number of anilines is 1. The minimum atomic E-state index is -0.407. The molecule has 2 aromatic heterocycles. The molecule has 2 heterocycles. The topological polar surface area (TPSA) is 65.2 Å². The number of methoxy groups -OCH3 is 1. The summed E-state index contributed by atoms with van der Waals surface area (Å²) >= 11 is 1.27. The maximum atomic E-state index is 11.5. The van der Waals surface area contributed by atoms with Crippen molar-refractivity contribution in [3.8, 4) is 0 Å². The lowest BCUT2D eigenvalue weighted by molar-refractivity contribution is 0.0607. The second kappa shape index (κ2) is 3.75. The van der Waals surface area contributed by atoms with Crippen LogP contribution in [-0.4, -0.2) is 18.1 Å². The summed E-state index contributed by atoms with van der Waals surface area (Å²) in [6.45, 7) is 3.90. The number of thiophene rings is 1. The number of ether oxygens (including phenoxy) is 1. The summed E-state index contributed by atoms with van der Waals surface area (Å²) in [5, 5.41) is 0.827. The van der Waals surface area contributed by atoms with Crippen molar-refractivity contribution in [3.63, 3.8) is 0 Å². The second-order valence-corrected chi connectivity index (χ2v) is 4.58. The van der Waals surface area contributed by atoms with Crippen molar-refractivity contribution >= 4 is 33.2 Å². The van der Waals surface area contributed by atoms with Gasteiger partial charge in [-0.1, -0.05) is 0 Å². The minimum Gasteiger partial charge on any atom is -0.465 e. The molecule has 0 atom stereocenters. The van der Waals surface area contributed by atoms with Gasteiger partial charge in [0.25, 0.3) is 0 Å². The Bertz CT molecular complexity index is 575. The monoisotopic (exact) mass is 236 g/mol. The highest BCUT2D eigenvalue weighted by atomic mass is 32.1. The fourth-order valence-corrected chi connectivity index (χ4v) is 2.51. The zero-order chi connectivity index (χ0) is 11.9. The highest BCUT2D eigenvalue weighted by Gasteiger charge is 2.18. The van der Waals surface area contributed by atoms with Crippen LogP contribution in [0.5, 0.6) is 0 Å². The van der Waals surface area contributed by atoms with Crippen LogP contribution in [0.2, 0.25) is 0 Å². The van der Waals surface area contributed by atoms with Crippen molar-refractivity contribution in [3.05, 3.63) is 22.2 Å². The first-order valence-corrected chi connectivity index (χ1v) is 5.60. The average molecular weight is 236 g/mol. The maximum absolute atomic E-state index is 11.5. The van der Waals surface area contributed by atoms with Gasteiger partial charge in [0.2, 0.25) is 0 Å². The Morgan fingerprint density at radius 3 is 2.81 bits per heavy atom. The third-order valence-corrected chi connectivity index (χ3v) is 3.63. The zero-order valence-corrected chi connectivity index (χ0v) is 10.1. The lowest BCUT2D eigenvalue weighted by Crippen LogP contribution is -2.01. The van der Waals surface area contributed by atoms with Crippen LogP contribution in [-0.2, 0) is 4.74 Å². The van der Waals surface area contributed by atoms with E-state index in [2.05, 4.69) is 9.72 Å². The third kappa shape index (κ3) is 1.53. The number of hydrogen-bond donors (Lipinski definition) is 1. The molecule has 0 fully saturated rings. The molecule has 0 radical (unpaired) electrons. The van der Waals surface area contributed by atoms with E-state index in [1.54, 1.807) is 0 Å². The largest absolute Gasteiger partial charge is 0.465 e. The Morgan fingerprint density at radius 2 is 2.19 bits per heavy atom. The first-order valence-electron chi connectivity index (χ1n) is 4.79. The van der Waals surface area contributed by atoms with Gasteiger partial charge >= 0.3 is 5.97 Å². The molecule has 2 aromatic rings. The molecule has 2 rings (SSSR count). The predicted molar refractivity (Wildman–Crippen MR) is 64.8 cm³/mol. The number of hydrogen-bond acceptors (Lipinski definition) is 5. The van der Waals surface area contributed by atoms with E-state index in [0.29, 0.717) is 10.6 Å². The van der Waals surface area contributed by atoms with E-state index in [4.69, 9.17) is 5.73 Å². The molecule has 2 N–H and O–H groups in total. The molecule has 0 saturated heterocycles. The number of nitrogens with zero attached hydrogens (tertiary/aromatic N) is 1. The van der Waals surface area contributed by atoms with Crippen LogP contribution >= 0.6 is 11.3 Å². The molecule has 0 amide bonds. The van der Waals surface area contributed by atoms with E-state index < -0.39 is 5.97 Å². The Labute approximate surface area is 97.0 Å². The van der Waals surface area contributed by atoms with Gasteiger partial charge in [0.05, 0.1) is 12.8 Å². The van der Waals surface area contributed by atoms with Gasteiger partial charge in [-0.3, -0.25) is 0 Å². The van der Waals surface area contributed by atoms with Gasteiger partial charge in [-0.15, -0.1) is 11.3 Å². The number of aryl methyl sites for hydroxylation is 2. The summed E-state index contributed by atoms with van der Waals surface area (Å²) in [4.78, 5) is 17.1. The van der Waals surface area contributed by atoms with E-state index in [-0.39, 0.29) is 0 Å². The van der Waals surface area contributed by atoms with Gasteiger partial charge in [0.1, 0.15) is 9.71 Å². The average Bonchev–Trinajstić information content (AvgIpc) is 2.56. The predicted octanol–water partition coefficient (Wildman–Crippen LogP) is 2.28. The van der Waals surface area contributed by atoms with Crippen molar-refractivity contribution < 1.29 is 9.53 Å². The molecule has 5 heteroatoms. The minimum absolute atomic E-state index is 0.407. The molecule has 0 aliphatic carbocycles. The number of nitrogen functional groups attached to an aromatic ring is 1. The third-order valence-electron chi connectivity index (χ3n) is 2.54. The molecular formula is C11H12N2O2S. The van der Waals surface area contributed by atoms with Crippen molar-refractivity contribution in [2.24, 2.45) is 0 Å². The first-order chi connectivity index (χ1) is 7.54. The van der Waals surface area contributed by atoms with Crippen LogP contribution in [0, 0.1) is 13.8 Å². The van der Waals surface area contributed by atoms with Gasteiger partial charge < -0.3 is 10.5 Å². The normalized spacial score (nSPS) is 10.7. The van der Waals surface area contributed by atoms with E-state index in [1.165, 1.54) is 18.4 Å². The van der Waals surface area contributed by atoms with Crippen LogP contribution in [0.3, 0.4) is 0 Å². The van der Waals surface area contributed by atoms with Crippen LogP contribution in [0.1, 0.15) is 20.9 Å². The first kappa shape index (κ1) is 10.9. The fraction of sp³-hybridized carbons (Fsp3) is 0.273. The summed E-state index contributed by atoms with van der Waals surface area (Å²) in [6, 6.07) is 1.95. The molecule has 0 spiro atoms. The number of rotatable bonds is 1. The Hall–Kier alpha value is -1.62. The van der Waals surface area contributed by atoms with Gasteiger partial charge in [-0.05, 0) is 25.5 Å². The number of nitrogens with two attached hydrogens (primary N) is 1. The summed E-state index contributed by atoms with van der Waals surface area (Å²) in [7, 11) is 1.34. The summed E-state index contributed by atoms with van der Waals surface area (Å²) in [5.41, 5.74) is 8.38. The maximum Gasteiger partial charge on any atom is 0.350 e. The van der Waals surface area contributed by atoms with Gasteiger partial charge in [-0.2, -0.15) is 0 Å². The van der Waals surface area contributed by atoms with Gasteiger partial charge in [0, 0.05) is 11.1 Å². The number of fused-ring (bicyclic) bond motifs is 1. The van der Waals surface area contributed by atoms with Crippen LogP contribution in [0.4, 0.5) is 5.69 Å². The van der Waals surface area contributed by atoms with E-state index in [0.717, 1.165) is 21.5 Å². The standard InChI is InChI=1S/C11H12N2O2S/c1-5-4-7-8(12)9(11(14)15-3)16-10(7)13-6(5)2/h4H,12H2,1-3H3. The SMILES string of the molecule is COC(=O)c1sc2nc(C)c(C)cc2c1N. The molecule has 16 heavy (non-hydrogen) atoms. The zero-order valence-electron chi connectivity index (χ0n) is 9.33. The molecule has 4 nitrogen and oxygen atoms in total. The van der Waals surface area contributed by atoms with E-state index in [9.17, 15) is 4.79 Å². The van der Waals surface area contributed by atoms with Gasteiger partial charge in [-0.25, -0.2) is 9.78 Å². The number of aromatic nitrogens is 1. The molecule has 0 bridgehead atoms. The fourth-order valence-electron chi connectivity index (χ4n) is 1.47. The Balaban J connectivity index is 2.73. The second-order valence-electron chi connectivity index (χ2n) is 3.58. The van der Waals surface area contributed by atoms with Crippen molar-refractivity contribution in [2.45, 2.75) is 13.8 Å². The quantitative estimate of drug-likeness (QED) is 0.771. The lowest BCUT2D eigenvalue weighted by Gasteiger charge is -1.99. The summed E-state index contributed by atoms with van der Waals surface area (Å²) < 4.78 is 4.67. The highest BCUT2D eigenvalue weighted by Crippen LogP contribution is 2.33. The number of carbonyl (C=O) groups is 1. The smallest absolute Gasteiger partial charge is 0.350 e. The number of esters is 1. The number of pyridine rings is 1. The van der Waals surface area contributed by atoms with Crippen molar-refractivity contribution in [2.75, 3.05) is 12.8 Å². The van der Waals surface area contributed by atoms with Gasteiger partial charge in [0.15, 0.2) is 0 Å².